The van der Waals surface area contributed by atoms with Crippen molar-refractivity contribution in [2.24, 2.45) is 0 Å². The Morgan fingerprint density at radius 3 is 2.50 bits per heavy atom. The van der Waals surface area contributed by atoms with Crippen molar-refractivity contribution in [1.82, 2.24) is 9.97 Å². The SMILES string of the molecule is O=S(=O)(Cc1ccc(F)cc1)c1ncc[nH]1. The van der Waals surface area contributed by atoms with Gasteiger partial charge < -0.3 is 4.98 Å². The molecule has 0 saturated carbocycles. The first-order valence-electron chi connectivity index (χ1n) is 4.54. The lowest BCUT2D eigenvalue weighted by Gasteiger charge is -2.01. The zero-order chi connectivity index (χ0) is 11.6. The predicted molar refractivity (Wildman–Crippen MR) is 55.9 cm³/mol. The average Bonchev–Trinajstić information content (AvgIpc) is 2.75. The van der Waals surface area contributed by atoms with Gasteiger partial charge in [-0.1, -0.05) is 12.1 Å². The number of nitrogens with zero attached hydrogens (tertiary/aromatic N) is 1. The number of benzene rings is 1. The van der Waals surface area contributed by atoms with E-state index < -0.39 is 9.84 Å². The maximum Gasteiger partial charge on any atom is 0.225 e. The number of imidazole rings is 1. The largest absolute Gasteiger partial charge is 0.336 e. The van der Waals surface area contributed by atoms with E-state index in [0.29, 0.717) is 5.56 Å². The molecule has 0 amide bonds. The van der Waals surface area contributed by atoms with E-state index >= 15 is 0 Å². The summed E-state index contributed by atoms with van der Waals surface area (Å²) in [5.74, 6) is -0.583. The minimum atomic E-state index is -3.47. The van der Waals surface area contributed by atoms with E-state index in [1.165, 1.54) is 36.7 Å². The fraction of sp³-hybridized carbons (Fsp3) is 0.100. The van der Waals surface area contributed by atoms with Gasteiger partial charge in [-0.3, -0.25) is 0 Å². The van der Waals surface area contributed by atoms with Gasteiger partial charge in [0.1, 0.15) is 5.82 Å². The smallest absolute Gasteiger partial charge is 0.225 e. The molecule has 1 aromatic carbocycles. The summed E-state index contributed by atoms with van der Waals surface area (Å²) in [5.41, 5.74) is 0.526. The molecular formula is C10H9FN2O2S. The molecule has 0 saturated heterocycles. The van der Waals surface area contributed by atoms with Gasteiger partial charge in [-0.05, 0) is 17.7 Å². The molecule has 0 atom stereocenters. The van der Waals surface area contributed by atoms with Gasteiger partial charge in [-0.15, -0.1) is 0 Å². The maximum atomic E-state index is 12.6. The fourth-order valence-corrected chi connectivity index (χ4v) is 2.53. The van der Waals surface area contributed by atoms with Crippen LogP contribution >= 0.6 is 0 Å². The van der Waals surface area contributed by atoms with Crippen molar-refractivity contribution in [2.45, 2.75) is 10.9 Å². The molecule has 1 aromatic heterocycles. The Kier molecular flexibility index (Phi) is 2.74. The lowest BCUT2D eigenvalue weighted by molar-refractivity contribution is 0.587. The normalized spacial score (nSPS) is 11.6. The Labute approximate surface area is 92.1 Å². The van der Waals surface area contributed by atoms with Crippen molar-refractivity contribution in [3.63, 3.8) is 0 Å². The molecule has 1 heterocycles. The van der Waals surface area contributed by atoms with Crippen molar-refractivity contribution in [1.29, 1.82) is 0 Å². The van der Waals surface area contributed by atoms with Crippen molar-refractivity contribution in [2.75, 3.05) is 0 Å². The number of sulfone groups is 1. The second-order valence-electron chi connectivity index (χ2n) is 3.28. The van der Waals surface area contributed by atoms with Gasteiger partial charge in [-0.2, -0.15) is 0 Å². The van der Waals surface area contributed by atoms with E-state index in [2.05, 4.69) is 9.97 Å². The molecule has 2 aromatic rings. The summed E-state index contributed by atoms with van der Waals surface area (Å²) in [5, 5.41) is -0.0724. The Morgan fingerprint density at radius 1 is 1.25 bits per heavy atom. The molecule has 0 aliphatic rings. The average molecular weight is 240 g/mol. The highest BCUT2D eigenvalue weighted by atomic mass is 32.2. The monoisotopic (exact) mass is 240 g/mol. The van der Waals surface area contributed by atoms with Crippen molar-refractivity contribution in [3.8, 4) is 0 Å². The van der Waals surface area contributed by atoms with Crippen LogP contribution in [0.25, 0.3) is 0 Å². The van der Waals surface area contributed by atoms with Crippen molar-refractivity contribution in [3.05, 3.63) is 48.0 Å². The second kappa shape index (κ2) is 4.05. The zero-order valence-corrected chi connectivity index (χ0v) is 9.04. The maximum absolute atomic E-state index is 12.6. The number of aromatic nitrogens is 2. The van der Waals surface area contributed by atoms with Gasteiger partial charge >= 0.3 is 0 Å². The van der Waals surface area contributed by atoms with Gasteiger partial charge in [0.15, 0.2) is 0 Å². The summed E-state index contributed by atoms with van der Waals surface area (Å²) in [6.07, 6.45) is 2.81. The van der Waals surface area contributed by atoms with E-state index in [1.807, 2.05) is 0 Å². The number of halogens is 1. The van der Waals surface area contributed by atoms with E-state index in [-0.39, 0.29) is 16.7 Å². The van der Waals surface area contributed by atoms with Crippen LogP contribution in [0.1, 0.15) is 5.56 Å². The number of H-pyrrole nitrogens is 1. The number of aromatic amines is 1. The first-order chi connectivity index (χ1) is 7.58. The number of rotatable bonds is 3. The summed E-state index contributed by atoms with van der Waals surface area (Å²) >= 11 is 0. The third-order valence-electron chi connectivity index (χ3n) is 2.04. The van der Waals surface area contributed by atoms with Crippen LogP contribution in [0.3, 0.4) is 0 Å². The molecular weight excluding hydrogens is 231 g/mol. The van der Waals surface area contributed by atoms with Crippen LogP contribution in [0, 0.1) is 5.82 Å². The van der Waals surface area contributed by atoms with Gasteiger partial charge in [-0.25, -0.2) is 17.8 Å². The zero-order valence-electron chi connectivity index (χ0n) is 8.22. The molecule has 4 nitrogen and oxygen atoms in total. The highest BCUT2D eigenvalue weighted by Gasteiger charge is 2.17. The second-order valence-corrected chi connectivity index (χ2v) is 5.18. The standard InChI is InChI=1S/C10H9FN2O2S/c11-9-3-1-8(2-4-9)7-16(14,15)10-12-5-6-13-10/h1-6H,7H2,(H,12,13). The Morgan fingerprint density at radius 2 is 1.94 bits per heavy atom. The fourth-order valence-electron chi connectivity index (χ4n) is 1.29. The third kappa shape index (κ3) is 2.27. The first-order valence-corrected chi connectivity index (χ1v) is 6.20. The molecule has 0 aliphatic carbocycles. The van der Waals surface area contributed by atoms with Gasteiger partial charge in [0.05, 0.1) is 5.75 Å². The van der Waals surface area contributed by atoms with Crippen molar-refractivity contribution >= 4 is 9.84 Å². The number of nitrogens with one attached hydrogen (secondary N) is 1. The van der Waals surface area contributed by atoms with Crippen LogP contribution in [0.4, 0.5) is 4.39 Å². The van der Waals surface area contributed by atoms with Gasteiger partial charge in [0.2, 0.25) is 15.0 Å². The Balaban J connectivity index is 2.25. The van der Waals surface area contributed by atoms with Crippen LogP contribution < -0.4 is 0 Å². The summed E-state index contributed by atoms with van der Waals surface area (Å²) in [7, 11) is -3.47. The highest BCUT2D eigenvalue weighted by molar-refractivity contribution is 7.90. The van der Waals surface area contributed by atoms with Crippen LogP contribution in [0.2, 0.25) is 0 Å². The van der Waals surface area contributed by atoms with Gasteiger partial charge in [0.25, 0.3) is 0 Å². The van der Waals surface area contributed by atoms with Crippen LogP contribution in [0.15, 0.2) is 41.8 Å². The first kappa shape index (κ1) is 10.8. The van der Waals surface area contributed by atoms with E-state index in [0.717, 1.165) is 0 Å². The Bertz CT molecular complexity index is 561. The molecule has 2 rings (SSSR count). The van der Waals surface area contributed by atoms with E-state index in [4.69, 9.17) is 0 Å². The lowest BCUT2D eigenvalue weighted by atomic mass is 10.2. The van der Waals surface area contributed by atoms with E-state index in [1.54, 1.807) is 0 Å². The Hall–Kier alpha value is -1.69. The topological polar surface area (TPSA) is 62.8 Å². The number of hydrogen-bond acceptors (Lipinski definition) is 3. The minimum Gasteiger partial charge on any atom is -0.336 e. The van der Waals surface area contributed by atoms with Crippen molar-refractivity contribution < 1.29 is 12.8 Å². The predicted octanol–water partition coefficient (Wildman–Crippen LogP) is 1.52. The van der Waals surface area contributed by atoms with Gasteiger partial charge in [0, 0.05) is 12.4 Å². The molecule has 16 heavy (non-hydrogen) atoms. The molecule has 0 radical (unpaired) electrons. The summed E-state index contributed by atoms with van der Waals surface area (Å²) in [6, 6.07) is 5.34. The number of hydrogen-bond donors (Lipinski definition) is 1. The highest BCUT2D eigenvalue weighted by Crippen LogP contribution is 2.12. The summed E-state index contributed by atoms with van der Waals surface area (Å²) < 4.78 is 36.1. The molecule has 0 unspecified atom stereocenters. The van der Waals surface area contributed by atoms with E-state index in [9.17, 15) is 12.8 Å². The molecule has 0 fully saturated rings. The summed E-state index contributed by atoms with van der Waals surface area (Å²) in [4.78, 5) is 6.22. The quantitative estimate of drug-likeness (QED) is 0.884. The summed E-state index contributed by atoms with van der Waals surface area (Å²) in [6.45, 7) is 0. The molecule has 84 valence electrons. The third-order valence-corrected chi connectivity index (χ3v) is 3.56. The van der Waals surface area contributed by atoms with Crippen LogP contribution in [-0.4, -0.2) is 18.4 Å². The molecule has 1 N–H and O–H groups in total. The molecule has 0 bridgehead atoms. The minimum absolute atomic E-state index is 0.0724. The lowest BCUT2D eigenvalue weighted by Crippen LogP contribution is -2.06. The molecule has 0 spiro atoms. The van der Waals surface area contributed by atoms with Crippen LogP contribution in [-0.2, 0) is 15.6 Å². The molecule has 0 aliphatic heterocycles. The van der Waals surface area contributed by atoms with Crippen LogP contribution in [0.5, 0.6) is 0 Å². The molecule has 6 heteroatoms.